The molecule has 4 aromatic rings. The van der Waals surface area contributed by atoms with E-state index in [1.807, 2.05) is 43.3 Å². The molecular formula is C29H29F6N5O. The first-order valence-corrected chi connectivity index (χ1v) is 13.2. The van der Waals surface area contributed by atoms with Crippen LogP contribution in [-0.2, 0) is 18.9 Å². The van der Waals surface area contributed by atoms with Crippen LogP contribution in [0.15, 0.2) is 59.0 Å². The second kappa shape index (κ2) is 11.2. The number of alkyl halides is 6. The smallest absolute Gasteiger partial charge is 0.416 e. The lowest BCUT2D eigenvalue weighted by atomic mass is 9.91. The Morgan fingerprint density at radius 3 is 2.10 bits per heavy atom. The van der Waals surface area contributed by atoms with Crippen LogP contribution in [0.2, 0.25) is 0 Å². The van der Waals surface area contributed by atoms with Crippen molar-refractivity contribution in [1.29, 1.82) is 0 Å². The molecule has 0 bridgehead atoms. The van der Waals surface area contributed by atoms with Crippen LogP contribution >= 0.6 is 0 Å². The van der Waals surface area contributed by atoms with Crippen molar-refractivity contribution in [2.24, 2.45) is 0 Å². The van der Waals surface area contributed by atoms with Crippen LogP contribution in [0.5, 0.6) is 0 Å². The first-order chi connectivity index (χ1) is 19.4. The average molecular weight is 578 g/mol. The van der Waals surface area contributed by atoms with Crippen molar-refractivity contribution < 1.29 is 30.8 Å². The Balaban J connectivity index is 1.19. The Kier molecular flexibility index (Phi) is 7.87. The van der Waals surface area contributed by atoms with Gasteiger partial charge in [-0.3, -0.25) is 0 Å². The van der Waals surface area contributed by atoms with Gasteiger partial charge in [0.2, 0.25) is 5.95 Å². The van der Waals surface area contributed by atoms with E-state index in [0.717, 1.165) is 42.4 Å². The van der Waals surface area contributed by atoms with Gasteiger partial charge < -0.3 is 20.0 Å². The summed E-state index contributed by atoms with van der Waals surface area (Å²) >= 11 is 0. The second-order valence-corrected chi connectivity index (χ2v) is 10.4. The lowest BCUT2D eigenvalue weighted by molar-refractivity contribution is -0.143. The van der Waals surface area contributed by atoms with E-state index in [2.05, 4.69) is 15.6 Å². The van der Waals surface area contributed by atoms with Crippen molar-refractivity contribution in [2.75, 3.05) is 24.3 Å². The van der Waals surface area contributed by atoms with Gasteiger partial charge in [0.1, 0.15) is 17.3 Å². The third-order valence-electron chi connectivity index (χ3n) is 7.17. The monoisotopic (exact) mass is 577 g/mol. The summed E-state index contributed by atoms with van der Waals surface area (Å²) in [6.07, 6.45) is -6.37. The van der Waals surface area contributed by atoms with Crippen molar-refractivity contribution in [1.82, 2.24) is 15.3 Å². The van der Waals surface area contributed by atoms with Gasteiger partial charge in [0.15, 0.2) is 0 Å². The summed E-state index contributed by atoms with van der Waals surface area (Å²) < 4.78 is 85.0. The molecule has 0 radical (unpaired) electrons. The van der Waals surface area contributed by atoms with E-state index < -0.39 is 23.5 Å². The topological polar surface area (TPSA) is 66.2 Å². The van der Waals surface area contributed by atoms with Crippen LogP contribution in [0.4, 0.5) is 38.1 Å². The van der Waals surface area contributed by atoms with E-state index in [9.17, 15) is 26.3 Å². The number of para-hydroxylation sites is 1. The number of aromatic nitrogens is 2. The van der Waals surface area contributed by atoms with Crippen LogP contribution in [-0.4, -0.2) is 36.1 Å². The molecular weight excluding hydrogens is 548 g/mol. The van der Waals surface area contributed by atoms with Gasteiger partial charge in [-0.1, -0.05) is 12.1 Å². The fourth-order valence-electron chi connectivity index (χ4n) is 5.06. The van der Waals surface area contributed by atoms with E-state index in [4.69, 9.17) is 9.40 Å². The Morgan fingerprint density at radius 2 is 1.46 bits per heavy atom. The Morgan fingerprint density at radius 1 is 0.829 bits per heavy atom. The van der Waals surface area contributed by atoms with Gasteiger partial charge >= 0.3 is 12.4 Å². The number of fused-ring (bicyclic) bond motifs is 1. The number of rotatable bonds is 7. The minimum Gasteiger partial charge on any atom is -0.460 e. The van der Waals surface area contributed by atoms with E-state index >= 15 is 0 Å². The van der Waals surface area contributed by atoms with Gasteiger partial charge in [-0.2, -0.15) is 31.3 Å². The second-order valence-electron chi connectivity index (χ2n) is 10.4. The number of hydrogen-bond donors (Lipinski definition) is 2. The molecule has 41 heavy (non-hydrogen) atoms. The Bertz CT molecular complexity index is 1470. The molecule has 218 valence electrons. The Hall–Kier alpha value is -3.80. The van der Waals surface area contributed by atoms with Crippen molar-refractivity contribution in [2.45, 2.75) is 56.7 Å². The Labute approximate surface area is 232 Å². The van der Waals surface area contributed by atoms with Gasteiger partial charge in [-0.05, 0) is 68.1 Å². The average Bonchev–Trinajstić information content (AvgIpc) is 3.40. The highest BCUT2D eigenvalue weighted by molar-refractivity contribution is 5.90. The molecule has 2 aromatic carbocycles. The molecule has 0 unspecified atom stereocenters. The number of furan rings is 1. The van der Waals surface area contributed by atoms with Crippen molar-refractivity contribution in [3.63, 3.8) is 0 Å². The zero-order valence-corrected chi connectivity index (χ0v) is 22.4. The van der Waals surface area contributed by atoms with Crippen LogP contribution < -0.4 is 15.5 Å². The van der Waals surface area contributed by atoms with E-state index in [1.165, 1.54) is 6.07 Å². The van der Waals surface area contributed by atoms with Gasteiger partial charge in [0.25, 0.3) is 0 Å². The quantitative estimate of drug-likeness (QED) is 0.222. The molecule has 0 atom stereocenters. The lowest BCUT2D eigenvalue weighted by Gasteiger charge is -2.30. The minimum absolute atomic E-state index is 0.0567. The highest BCUT2D eigenvalue weighted by Gasteiger charge is 2.37. The van der Waals surface area contributed by atoms with Crippen LogP contribution in [0.25, 0.3) is 22.2 Å². The minimum atomic E-state index is -4.92. The highest BCUT2D eigenvalue weighted by Crippen LogP contribution is 2.39. The molecule has 0 spiro atoms. The SMILES string of the molecule is CN(C)c1nc(N[C@H]2CC[C@@H](NCc3ccc(-c4cc(C(F)(F)F)cc(C(F)(F)F)c4)o3)CC2)nc2ccccc12. The molecule has 0 aliphatic heterocycles. The largest absolute Gasteiger partial charge is 0.460 e. The maximum Gasteiger partial charge on any atom is 0.416 e. The molecule has 1 fully saturated rings. The molecule has 1 aliphatic carbocycles. The maximum atomic E-state index is 13.2. The van der Waals surface area contributed by atoms with Crippen molar-refractivity contribution >= 4 is 22.7 Å². The van der Waals surface area contributed by atoms with E-state index in [1.54, 1.807) is 6.07 Å². The molecule has 0 saturated heterocycles. The maximum absolute atomic E-state index is 13.2. The molecule has 5 rings (SSSR count). The first-order valence-electron chi connectivity index (χ1n) is 13.2. The first kappa shape index (κ1) is 28.7. The molecule has 2 N–H and O–H groups in total. The summed E-state index contributed by atoms with van der Waals surface area (Å²) in [4.78, 5) is 11.3. The number of nitrogens with one attached hydrogen (secondary N) is 2. The lowest BCUT2D eigenvalue weighted by Crippen LogP contribution is -2.36. The van der Waals surface area contributed by atoms with Crippen molar-refractivity contribution in [3.05, 3.63) is 71.5 Å². The summed E-state index contributed by atoms with van der Waals surface area (Å²) in [5.74, 6) is 1.78. The number of nitrogens with zero attached hydrogens (tertiary/aromatic N) is 3. The van der Waals surface area contributed by atoms with Crippen molar-refractivity contribution in [3.8, 4) is 11.3 Å². The van der Waals surface area contributed by atoms with Gasteiger partial charge in [-0.15, -0.1) is 0 Å². The zero-order chi connectivity index (χ0) is 29.4. The van der Waals surface area contributed by atoms with Crippen LogP contribution in [0.3, 0.4) is 0 Å². The molecule has 1 saturated carbocycles. The standard InChI is InChI=1S/C29H29F6N5O/c1-40(2)26-23-5-3-4-6-24(23)38-27(39-26)37-21-9-7-20(8-10-21)36-16-22-11-12-25(41-22)17-13-18(28(30,31)32)15-19(14-17)29(33,34)35/h3-6,11-15,20-21,36H,7-10,16H2,1-2H3,(H,37,38,39)/t20-,21+. The zero-order valence-electron chi connectivity index (χ0n) is 22.4. The summed E-state index contributed by atoms with van der Waals surface area (Å²) in [6, 6.07) is 12.6. The molecule has 2 heterocycles. The number of halogens is 6. The number of anilines is 2. The molecule has 6 nitrogen and oxygen atoms in total. The molecule has 1 aliphatic rings. The third kappa shape index (κ3) is 6.75. The fraction of sp³-hybridized carbons (Fsp3) is 0.379. The summed E-state index contributed by atoms with van der Waals surface area (Å²) in [6.45, 7) is 0.299. The number of hydrogen-bond acceptors (Lipinski definition) is 6. The van der Waals surface area contributed by atoms with Crippen LogP contribution in [0, 0.1) is 0 Å². The normalized spacial score (nSPS) is 18.0. The van der Waals surface area contributed by atoms with Gasteiger partial charge in [0, 0.05) is 37.1 Å². The molecule has 0 amide bonds. The number of benzene rings is 2. The predicted octanol–water partition coefficient (Wildman–Crippen LogP) is 7.51. The molecule has 12 heteroatoms. The van der Waals surface area contributed by atoms with Crippen LogP contribution in [0.1, 0.15) is 42.6 Å². The summed E-state index contributed by atoms with van der Waals surface area (Å²) in [5.41, 5.74) is -2.17. The third-order valence-corrected chi connectivity index (χ3v) is 7.17. The predicted molar refractivity (Wildman–Crippen MR) is 145 cm³/mol. The fourth-order valence-corrected chi connectivity index (χ4v) is 5.06. The van der Waals surface area contributed by atoms with Gasteiger partial charge in [0.05, 0.1) is 23.2 Å². The van der Waals surface area contributed by atoms with E-state index in [-0.39, 0.29) is 29.5 Å². The molecule has 2 aromatic heterocycles. The highest BCUT2D eigenvalue weighted by atomic mass is 19.4. The summed E-state index contributed by atoms with van der Waals surface area (Å²) in [7, 11) is 3.88. The summed E-state index contributed by atoms with van der Waals surface area (Å²) in [5, 5.41) is 7.82. The van der Waals surface area contributed by atoms with E-state index in [0.29, 0.717) is 30.4 Å². The van der Waals surface area contributed by atoms with Gasteiger partial charge in [-0.25, -0.2) is 4.98 Å².